The molecule has 4 N–H and O–H groups in total. The van der Waals surface area contributed by atoms with E-state index in [0.717, 1.165) is 0 Å². The van der Waals surface area contributed by atoms with Gasteiger partial charge in [-0.15, -0.1) is 0 Å². The first-order valence-electron chi connectivity index (χ1n) is 5.30. The van der Waals surface area contributed by atoms with Crippen LogP contribution in [0.3, 0.4) is 0 Å². The minimum Gasteiger partial charge on any atom is -0.383 e. The molecule has 0 saturated heterocycles. The van der Waals surface area contributed by atoms with Gasteiger partial charge in [-0.25, -0.2) is 4.79 Å². The minimum absolute atomic E-state index is 0.128. The minimum atomic E-state index is -4.27. The van der Waals surface area contributed by atoms with Gasteiger partial charge in [-0.05, 0) is 34.7 Å². The zero-order chi connectivity index (χ0) is 14.9. The van der Waals surface area contributed by atoms with Crippen molar-refractivity contribution in [3.63, 3.8) is 0 Å². The van der Waals surface area contributed by atoms with Gasteiger partial charge in [0.05, 0.1) is 3.57 Å². The Morgan fingerprint density at radius 3 is 2.90 bits per heavy atom. The SMILES string of the molecule is Nc1nc(=O)n(C2C=CC(OCP(=O)(O)O)O2)cc1I. The molecule has 2 heterocycles. The molecular weight excluding hydrogens is 404 g/mol. The Bertz CT molecular complexity index is 641. The molecule has 0 saturated carbocycles. The summed E-state index contributed by atoms with van der Waals surface area (Å²) in [4.78, 5) is 32.7. The van der Waals surface area contributed by atoms with Crippen molar-refractivity contribution >= 4 is 36.0 Å². The summed E-state index contributed by atoms with van der Waals surface area (Å²) in [5.41, 5.74) is 4.92. The summed E-state index contributed by atoms with van der Waals surface area (Å²) in [7, 11) is -4.27. The molecule has 2 atom stereocenters. The van der Waals surface area contributed by atoms with E-state index in [4.69, 9.17) is 25.0 Å². The van der Waals surface area contributed by atoms with Crippen LogP contribution < -0.4 is 11.4 Å². The lowest BCUT2D eigenvalue weighted by atomic mass is 10.5. The van der Waals surface area contributed by atoms with Crippen molar-refractivity contribution in [3.8, 4) is 0 Å². The summed E-state index contributed by atoms with van der Waals surface area (Å²) in [5.74, 6) is 0.128. The van der Waals surface area contributed by atoms with Crippen molar-refractivity contribution < 1.29 is 23.8 Å². The quantitative estimate of drug-likeness (QED) is 0.355. The molecule has 1 aliphatic heterocycles. The molecule has 2 unspecified atom stereocenters. The molecule has 1 aliphatic rings. The number of nitrogen functional groups attached to an aromatic ring is 1. The van der Waals surface area contributed by atoms with Crippen LogP contribution in [0.2, 0.25) is 0 Å². The fraction of sp³-hybridized carbons (Fsp3) is 0.333. The highest BCUT2D eigenvalue weighted by Crippen LogP contribution is 2.35. The van der Waals surface area contributed by atoms with Crippen LogP contribution in [0.15, 0.2) is 23.1 Å². The lowest BCUT2D eigenvalue weighted by Crippen LogP contribution is -2.29. The van der Waals surface area contributed by atoms with E-state index < -0.39 is 32.2 Å². The standard InChI is InChI=1S/C9H11IN3O6P/c10-5-3-13(9(14)12-8(5)11)6-1-2-7(19-6)18-4-20(15,16)17/h1-3,6-7H,4H2,(H2,11,12,14)(H2,15,16,17). The smallest absolute Gasteiger partial charge is 0.351 e. The molecule has 11 heteroatoms. The zero-order valence-corrected chi connectivity index (χ0v) is 13.0. The van der Waals surface area contributed by atoms with E-state index in [-0.39, 0.29) is 5.82 Å². The van der Waals surface area contributed by atoms with E-state index in [9.17, 15) is 9.36 Å². The number of hydrogen-bond acceptors (Lipinski definition) is 6. The summed E-state index contributed by atoms with van der Waals surface area (Å²) in [5, 5.41) is 0. The van der Waals surface area contributed by atoms with Gasteiger partial charge in [-0.2, -0.15) is 4.98 Å². The number of nitrogens with two attached hydrogens (primary N) is 1. The Labute approximate surface area is 126 Å². The van der Waals surface area contributed by atoms with Gasteiger partial charge in [0.15, 0.2) is 18.9 Å². The molecule has 0 amide bonds. The molecule has 0 radical (unpaired) electrons. The van der Waals surface area contributed by atoms with Crippen molar-refractivity contribution in [2.75, 3.05) is 12.1 Å². The van der Waals surface area contributed by atoms with Crippen molar-refractivity contribution in [1.29, 1.82) is 0 Å². The van der Waals surface area contributed by atoms with Gasteiger partial charge in [0.25, 0.3) is 0 Å². The predicted octanol–water partition coefficient (Wildman–Crippen LogP) is -0.00700. The first-order chi connectivity index (χ1) is 9.26. The van der Waals surface area contributed by atoms with Crippen LogP contribution in [-0.2, 0) is 14.0 Å². The van der Waals surface area contributed by atoms with Gasteiger partial charge >= 0.3 is 13.3 Å². The van der Waals surface area contributed by atoms with Gasteiger partial charge in [-0.3, -0.25) is 9.13 Å². The molecule has 1 aromatic heterocycles. The summed E-state index contributed by atoms with van der Waals surface area (Å²) < 4.78 is 22.7. The molecule has 1 aromatic rings. The topological polar surface area (TPSA) is 137 Å². The fourth-order valence-corrected chi connectivity index (χ4v) is 2.24. The highest BCUT2D eigenvalue weighted by molar-refractivity contribution is 14.1. The molecule has 2 rings (SSSR count). The van der Waals surface area contributed by atoms with Gasteiger partial charge in [-0.1, -0.05) is 0 Å². The number of nitrogens with zero attached hydrogens (tertiary/aromatic N) is 2. The van der Waals surface area contributed by atoms with E-state index in [1.165, 1.54) is 22.9 Å². The Hall–Kier alpha value is -0.780. The molecule has 0 aliphatic carbocycles. The first kappa shape index (κ1) is 15.6. The summed E-state index contributed by atoms with van der Waals surface area (Å²) >= 11 is 1.92. The second kappa shape index (κ2) is 5.92. The van der Waals surface area contributed by atoms with Crippen LogP contribution in [0.1, 0.15) is 6.23 Å². The molecule has 0 spiro atoms. The second-order valence-corrected chi connectivity index (χ2v) is 6.65. The van der Waals surface area contributed by atoms with E-state index >= 15 is 0 Å². The number of halogens is 1. The van der Waals surface area contributed by atoms with Crippen LogP contribution in [0, 0.1) is 3.57 Å². The highest BCUT2D eigenvalue weighted by Gasteiger charge is 2.25. The monoisotopic (exact) mass is 415 g/mol. The Balaban J connectivity index is 2.07. The van der Waals surface area contributed by atoms with Crippen LogP contribution in [0.5, 0.6) is 0 Å². The third kappa shape index (κ3) is 3.87. The van der Waals surface area contributed by atoms with E-state index in [1.54, 1.807) is 0 Å². The molecule has 20 heavy (non-hydrogen) atoms. The average molecular weight is 415 g/mol. The molecule has 9 nitrogen and oxygen atoms in total. The normalized spacial score (nSPS) is 22.4. The van der Waals surface area contributed by atoms with Crippen molar-refractivity contribution in [3.05, 3.63) is 32.4 Å². The maximum absolute atomic E-state index is 11.7. The van der Waals surface area contributed by atoms with E-state index in [2.05, 4.69) is 4.98 Å². The number of rotatable bonds is 4. The van der Waals surface area contributed by atoms with E-state index in [1.807, 2.05) is 22.6 Å². The molecule has 0 aromatic carbocycles. The summed E-state index contributed by atoms with van der Waals surface area (Å²) in [6.45, 7) is 0. The Morgan fingerprint density at radius 1 is 1.55 bits per heavy atom. The summed E-state index contributed by atoms with van der Waals surface area (Å²) in [6.07, 6.45) is 2.00. The van der Waals surface area contributed by atoms with Gasteiger partial charge < -0.3 is 25.0 Å². The highest BCUT2D eigenvalue weighted by atomic mass is 127. The van der Waals surface area contributed by atoms with Crippen LogP contribution in [0.25, 0.3) is 0 Å². The average Bonchev–Trinajstić information content (AvgIpc) is 2.79. The zero-order valence-electron chi connectivity index (χ0n) is 9.92. The van der Waals surface area contributed by atoms with Gasteiger partial charge in [0.2, 0.25) is 0 Å². The maximum Gasteiger partial charge on any atom is 0.351 e. The van der Waals surface area contributed by atoms with Crippen LogP contribution in [0.4, 0.5) is 5.82 Å². The first-order valence-corrected chi connectivity index (χ1v) is 8.18. The second-order valence-electron chi connectivity index (χ2n) is 3.90. The molecular formula is C9H11IN3O6P. The lowest BCUT2D eigenvalue weighted by Gasteiger charge is -2.17. The third-order valence-corrected chi connectivity index (χ3v) is 3.64. The van der Waals surface area contributed by atoms with Crippen molar-refractivity contribution in [1.82, 2.24) is 9.55 Å². The van der Waals surface area contributed by atoms with Gasteiger partial charge in [0.1, 0.15) is 5.82 Å². The molecule has 0 fully saturated rings. The number of ether oxygens (including phenoxy) is 2. The lowest BCUT2D eigenvalue weighted by molar-refractivity contribution is -0.127. The number of hydrogen-bond donors (Lipinski definition) is 3. The fourth-order valence-electron chi connectivity index (χ4n) is 1.48. The van der Waals surface area contributed by atoms with Crippen LogP contribution in [-0.4, -0.2) is 32.0 Å². The van der Waals surface area contributed by atoms with Crippen molar-refractivity contribution in [2.45, 2.75) is 12.5 Å². The van der Waals surface area contributed by atoms with Gasteiger partial charge in [0, 0.05) is 6.20 Å². The summed E-state index contributed by atoms with van der Waals surface area (Å²) in [6, 6.07) is 0. The number of anilines is 1. The maximum atomic E-state index is 11.7. The third-order valence-electron chi connectivity index (χ3n) is 2.32. The van der Waals surface area contributed by atoms with E-state index in [0.29, 0.717) is 3.57 Å². The predicted molar refractivity (Wildman–Crippen MR) is 76.7 cm³/mol. The molecule has 110 valence electrons. The Kier molecular flexibility index (Phi) is 4.62. The number of aromatic nitrogens is 2. The molecule has 0 bridgehead atoms. The van der Waals surface area contributed by atoms with Crippen LogP contribution >= 0.6 is 30.2 Å². The Morgan fingerprint density at radius 2 is 2.25 bits per heavy atom. The largest absolute Gasteiger partial charge is 0.383 e. The van der Waals surface area contributed by atoms with Crippen molar-refractivity contribution in [2.24, 2.45) is 0 Å².